The number of hydrogen-bond donors (Lipinski definition) is 1. The van der Waals surface area contributed by atoms with Crippen LogP contribution in [0.5, 0.6) is 0 Å². The highest BCUT2D eigenvalue weighted by atomic mass is 15.2. The van der Waals surface area contributed by atoms with Crippen LogP contribution in [0.25, 0.3) is 0 Å². The fraction of sp³-hybridized carbons (Fsp3) is 0.538. The summed E-state index contributed by atoms with van der Waals surface area (Å²) in [4.78, 5) is 6.90. The molecule has 1 aliphatic heterocycles. The van der Waals surface area contributed by atoms with Crippen molar-refractivity contribution in [2.24, 2.45) is 7.05 Å². The van der Waals surface area contributed by atoms with Gasteiger partial charge in [0.25, 0.3) is 0 Å². The SMILES string of the molecule is Cc1cn[nH]c1[C@H]1CCCN1Cc1nccn1C. The smallest absolute Gasteiger partial charge is 0.122 e. The molecule has 3 heterocycles. The predicted molar refractivity (Wildman–Crippen MR) is 68.9 cm³/mol. The number of aromatic nitrogens is 4. The van der Waals surface area contributed by atoms with E-state index in [9.17, 15) is 0 Å². The van der Waals surface area contributed by atoms with E-state index < -0.39 is 0 Å². The Hall–Kier alpha value is -1.62. The normalized spacial score (nSPS) is 20.7. The molecule has 5 heteroatoms. The third kappa shape index (κ3) is 1.95. The number of imidazole rings is 1. The second-order valence-electron chi connectivity index (χ2n) is 5.05. The topological polar surface area (TPSA) is 49.7 Å². The molecule has 1 saturated heterocycles. The molecule has 0 bridgehead atoms. The van der Waals surface area contributed by atoms with Gasteiger partial charge >= 0.3 is 0 Å². The van der Waals surface area contributed by atoms with Crippen LogP contribution in [0.2, 0.25) is 0 Å². The molecular formula is C13H19N5. The van der Waals surface area contributed by atoms with E-state index in [1.54, 1.807) is 0 Å². The van der Waals surface area contributed by atoms with Gasteiger partial charge in [-0.05, 0) is 31.9 Å². The van der Waals surface area contributed by atoms with Crippen molar-refractivity contribution < 1.29 is 0 Å². The molecule has 96 valence electrons. The summed E-state index contributed by atoms with van der Waals surface area (Å²) < 4.78 is 2.09. The van der Waals surface area contributed by atoms with Gasteiger partial charge < -0.3 is 4.57 Å². The van der Waals surface area contributed by atoms with Crippen LogP contribution >= 0.6 is 0 Å². The third-order valence-corrected chi connectivity index (χ3v) is 3.83. The van der Waals surface area contributed by atoms with E-state index in [1.807, 2.05) is 18.6 Å². The van der Waals surface area contributed by atoms with Crippen molar-refractivity contribution in [1.29, 1.82) is 0 Å². The lowest BCUT2D eigenvalue weighted by Crippen LogP contribution is -2.25. The molecule has 0 unspecified atom stereocenters. The molecule has 2 aromatic heterocycles. The first-order valence-electron chi connectivity index (χ1n) is 6.46. The Balaban J connectivity index is 1.80. The number of H-pyrrole nitrogens is 1. The molecule has 1 atom stereocenters. The first-order valence-corrected chi connectivity index (χ1v) is 6.46. The zero-order chi connectivity index (χ0) is 12.5. The highest BCUT2D eigenvalue weighted by molar-refractivity contribution is 5.19. The standard InChI is InChI=1S/C13H19N5/c1-10-8-15-16-13(10)11-4-3-6-18(11)9-12-14-5-7-17(12)2/h5,7-8,11H,3-4,6,9H2,1-2H3,(H,15,16)/t11-/m1/s1. The molecule has 0 aliphatic carbocycles. The van der Waals surface area contributed by atoms with Crippen molar-refractivity contribution in [2.45, 2.75) is 32.4 Å². The van der Waals surface area contributed by atoms with E-state index in [2.05, 4.69) is 38.6 Å². The van der Waals surface area contributed by atoms with E-state index in [0.29, 0.717) is 6.04 Å². The molecule has 1 aliphatic rings. The molecule has 0 amide bonds. The van der Waals surface area contributed by atoms with Crippen molar-refractivity contribution in [3.8, 4) is 0 Å². The van der Waals surface area contributed by atoms with Gasteiger partial charge in [0.2, 0.25) is 0 Å². The molecule has 1 fully saturated rings. The number of hydrogen-bond acceptors (Lipinski definition) is 3. The lowest BCUT2D eigenvalue weighted by atomic mass is 10.1. The van der Waals surface area contributed by atoms with Crippen molar-refractivity contribution >= 4 is 0 Å². The highest BCUT2D eigenvalue weighted by Crippen LogP contribution is 2.33. The van der Waals surface area contributed by atoms with Gasteiger partial charge in [-0.1, -0.05) is 0 Å². The van der Waals surface area contributed by atoms with Crippen molar-refractivity contribution in [1.82, 2.24) is 24.6 Å². The zero-order valence-electron chi connectivity index (χ0n) is 10.9. The number of likely N-dealkylation sites (tertiary alicyclic amines) is 1. The maximum absolute atomic E-state index is 4.41. The Morgan fingerprint density at radius 3 is 3.06 bits per heavy atom. The quantitative estimate of drug-likeness (QED) is 0.897. The average Bonchev–Trinajstić information content (AvgIpc) is 3.03. The summed E-state index contributed by atoms with van der Waals surface area (Å²) in [6.45, 7) is 4.17. The van der Waals surface area contributed by atoms with Gasteiger partial charge in [-0.2, -0.15) is 5.10 Å². The first-order chi connectivity index (χ1) is 8.75. The fourth-order valence-corrected chi connectivity index (χ4v) is 2.77. The minimum absolute atomic E-state index is 0.462. The highest BCUT2D eigenvalue weighted by Gasteiger charge is 2.28. The molecule has 3 rings (SSSR count). The van der Waals surface area contributed by atoms with Gasteiger partial charge in [0.05, 0.1) is 24.5 Å². The molecule has 5 nitrogen and oxygen atoms in total. The van der Waals surface area contributed by atoms with Gasteiger partial charge in [0.15, 0.2) is 0 Å². The van der Waals surface area contributed by atoms with Gasteiger partial charge in [-0.25, -0.2) is 4.98 Å². The average molecular weight is 245 g/mol. The second kappa shape index (κ2) is 4.57. The minimum Gasteiger partial charge on any atom is -0.337 e. The van der Waals surface area contributed by atoms with E-state index in [4.69, 9.17) is 0 Å². The summed E-state index contributed by atoms with van der Waals surface area (Å²) in [7, 11) is 2.05. The van der Waals surface area contributed by atoms with Gasteiger partial charge in [-0.15, -0.1) is 0 Å². The zero-order valence-corrected chi connectivity index (χ0v) is 10.9. The van der Waals surface area contributed by atoms with Crippen molar-refractivity contribution in [3.63, 3.8) is 0 Å². The number of rotatable bonds is 3. The molecule has 0 aromatic carbocycles. The van der Waals surface area contributed by atoms with E-state index >= 15 is 0 Å². The summed E-state index contributed by atoms with van der Waals surface area (Å²) in [6.07, 6.45) is 8.22. The Bertz CT molecular complexity index is 527. The Morgan fingerprint density at radius 2 is 2.39 bits per heavy atom. The summed E-state index contributed by atoms with van der Waals surface area (Å²) in [5, 5.41) is 7.30. The predicted octanol–water partition coefficient (Wildman–Crippen LogP) is 1.79. The van der Waals surface area contributed by atoms with Crippen LogP contribution in [0.1, 0.15) is 36.0 Å². The Kier molecular flexibility index (Phi) is 2.91. The molecular weight excluding hydrogens is 226 g/mol. The molecule has 0 saturated carbocycles. The van der Waals surface area contributed by atoms with Crippen molar-refractivity contribution in [3.05, 3.63) is 35.7 Å². The second-order valence-corrected chi connectivity index (χ2v) is 5.05. The number of nitrogens with zero attached hydrogens (tertiary/aromatic N) is 4. The summed E-state index contributed by atoms with van der Waals surface area (Å²) in [5.74, 6) is 1.12. The molecule has 2 aromatic rings. The van der Waals surface area contributed by atoms with Crippen LogP contribution < -0.4 is 0 Å². The van der Waals surface area contributed by atoms with E-state index in [1.165, 1.54) is 24.1 Å². The van der Waals surface area contributed by atoms with Crippen LogP contribution in [-0.4, -0.2) is 31.2 Å². The van der Waals surface area contributed by atoms with Gasteiger partial charge in [0.1, 0.15) is 5.82 Å². The monoisotopic (exact) mass is 245 g/mol. The molecule has 0 radical (unpaired) electrons. The van der Waals surface area contributed by atoms with Crippen LogP contribution in [0.15, 0.2) is 18.6 Å². The number of nitrogens with one attached hydrogen (secondary N) is 1. The molecule has 0 spiro atoms. The van der Waals surface area contributed by atoms with E-state index in [0.717, 1.165) is 18.9 Å². The third-order valence-electron chi connectivity index (χ3n) is 3.83. The molecule has 18 heavy (non-hydrogen) atoms. The van der Waals surface area contributed by atoms with Crippen molar-refractivity contribution in [2.75, 3.05) is 6.54 Å². The maximum atomic E-state index is 4.41. The van der Waals surface area contributed by atoms with E-state index in [-0.39, 0.29) is 0 Å². The Labute approximate surface area is 107 Å². The van der Waals surface area contributed by atoms with Crippen LogP contribution in [-0.2, 0) is 13.6 Å². The Morgan fingerprint density at radius 1 is 1.50 bits per heavy atom. The maximum Gasteiger partial charge on any atom is 0.122 e. The van der Waals surface area contributed by atoms with Crippen LogP contribution in [0, 0.1) is 6.92 Å². The summed E-state index contributed by atoms with van der Waals surface area (Å²) in [5.41, 5.74) is 2.52. The summed E-state index contributed by atoms with van der Waals surface area (Å²) in [6, 6.07) is 0.462. The fourth-order valence-electron chi connectivity index (χ4n) is 2.77. The van der Waals surface area contributed by atoms with Gasteiger partial charge in [0, 0.05) is 19.4 Å². The lowest BCUT2D eigenvalue weighted by molar-refractivity contribution is 0.235. The number of aromatic amines is 1. The van der Waals surface area contributed by atoms with Crippen LogP contribution in [0.4, 0.5) is 0 Å². The largest absolute Gasteiger partial charge is 0.337 e. The molecule has 1 N–H and O–H groups in total. The van der Waals surface area contributed by atoms with Crippen LogP contribution in [0.3, 0.4) is 0 Å². The first kappa shape index (κ1) is 11.5. The van der Waals surface area contributed by atoms with Gasteiger partial charge in [-0.3, -0.25) is 10.00 Å². The summed E-state index contributed by atoms with van der Waals surface area (Å²) >= 11 is 0. The minimum atomic E-state index is 0.462. The number of aryl methyl sites for hydroxylation is 2. The lowest BCUT2D eigenvalue weighted by Gasteiger charge is -2.23.